The molecule has 1 aromatic heterocycles. The Labute approximate surface area is 158 Å². The molecule has 0 atom stereocenters. The average molecular weight is 394 g/mol. The van der Waals surface area contributed by atoms with Crippen molar-refractivity contribution in [1.29, 1.82) is 0 Å². The lowest BCUT2D eigenvalue weighted by molar-refractivity contribution is -0.118. The lowest BCUT2D eigenvalue weighted by atomic mass is 10.2. The van der Waals surface area contributed by atoms with Crippen molar-refractivity contribution in [3.05, 3.63) is 64.5 Å². The standard InChI is InChI=1S/C17H13Cl2N3O2S/c18-12-3-1-11(2-4-12)17-21-16(24-22-17)9-20-15(23)10-25-14-7-5-13(19)6-8-14/h1-8H,9-10H2,(H,20,23). The quantitative estimate of drug-likeness (QED) is 0.626. The largest absolute Gasteiger partial charge is 0.346 e. The van der Waals surface area contributed by atoms with Gasteiger partial charge in [-0.25, -0.2) is 0 Å². The number of carbonyl (C=O) groups is 1. The molecule has 0 radical (unpaired) electrons. The van der Waals surface area contributed by atoms with Crippen molar-refractivity contribution in [2.24, 2.45) is 0 Å². The Kier molecular flexibility index (Phi) is 5.96. The molecular weight excluding hydrogens is 381 g/mol. The molecule has 25 heavy (non-hydrogen) atoms. The molecule has 1 N–H and O–H groups in total. The first-order valence-electron chi connectivity index (χ1n) is 7.34. The molecule has 8 heteroatoms. The summed E-state index contributed by atoms with van der Waals surface area (Å²) in [6, 6.07) is 14.4. The van der Waals surface area contributed by atoms with Gasteiger partial charge in [0, 0.05) is 20.5 Å². The van der Waals surface area contributed by atoms with Crippen LogP contribution in [0.25, 0.3) is 11.4 Å². The Morgan fingerprint density at radius 3 is 2.36 bits per heavy atom. The van der Waals surface area contributed by atoms with Gasteiger partial charge in [0.25, 0.3) is 0 Å². The number of nitrogens with zero attached hydrogens (tertiary/aromatic N) is 2. The summed E-state index contributed by atoms with van der Waals surface area (Å²) in [7, 11) is 0. The van der Waals surface area contributed by atoms with Crippen molar-refractivity contribution in [3.8, 4) is 11.4 Å². The molecule has 0 spiro atoms. The third-order valence-electron chi connectivity index (χ3n) is 3.19. The van der Waals surface area contributed by atoms with Crippen LogP contribution in [0, 0.1) is 0 Å². The van der Waals surface area contributed by atoms with Crippen LogP contribution in [-0.4, -0.2) is 21.8 Å². The van der Waals surface area contributed by atoms with E-state index >= 15 is 0 Å². The Bertz CT molecular complexity index is 851. The first kappa shape index (κ1) is 17.8. The third-order valence-corrected chi connectivity index (χ3v) is 4.71. The number of rotatable bonds is 6. The van der Waals surface area contributed by atoms with E-state index < -0.39 is 0 Å². The van der Waals surface area contributed by atoms with Gasteiger partial charge in [0.15, 0.2) is 0 Å². The van der Waals surface area contributed by atoms with Crippen LogP contribution in [0.2, 0.25) is 10.0 Å². The summed E-state index contributed by atoms with van der Waals surface area (Å²) in [6.07, 6.45) is 0. The van der Waals surface area contributed by atoms with Crippen LogP contribution < -0.4 is 5.32 Å². The molecule has 0 aliphatic carbocycles. The van der Waals surface area contributed by atoms with Crippen LogP contribution in [0.5, 0.6) is 0 Å². The van der Waals surface area contributed by atoms with Crippen molar-refractivity contribution in [1.82, 2.24) is 15.5 Å². The zero-order chi connectivity index (χ0) is 17.6. The summed E-state index contributed by atoms with van der Waals surface area (Å²) in [4.78, 5) is 17.1. The van der Waals surface area contributed by atoms with Gasteiger partial charge in [-0.05, 0) is 48.5 Å². The van der Waals surface area contributed by atoms with E-state index in [0.29, 0.717) is 27.5 Å². The monoisotopic (exact) mass is 393 g/mol. The highest BCUT2D eigenvalue weighted by molar-refractivity contribution is 8.00. The Morgan fingerprint density at radius 1 is 1.04 bits per heavy atom. The zero-order valence-corrected chi connectivity index (χ0v) is 15.2. The number of aromatic nitrogens is 2. The molecule has 0 aliphatic rings. The molecule has 0 aliphatic heterocycles. The Hall–Kier alpha value is -2.02. The third kappa shape index (κ3) is 5.22. The SMILES string of the molecule is O=C(CSc1ccc(Cl)cc1)NCc1nc(-c2ccc(Cl)cc2)no1. The molecule has 0 unspecified atom stereocenters. The second-order valence-corrected chi connectivity index (χ2v) is 6.96. The number of nitrogens with one attached hydrogen (secondary N) is 1. The predicted molar refractivity (Wildman–Crippen MR) is 98.8 cm³/mol. The second kappa shape index (κ2) is 8.38. The number of halogens is 2. The fraction of sp³-hybridized carbons (Fsp3) is 0.118. The first-order chi connectivity index (χ1) is 12.1. The summed E-state index contributed by atoms with van der Waals surface area (Å²) < 4.78 is 5.15. The van der Waals surface area contributed by atoms with E-state index in [4.69, 9.17) is 27.7 Å². The highest BCUT2D eigenvalue weighted by atomic mass is 35.5. The molecule has 5 nitrogen and oxygen atoms in total. The molecule has 2 aromatic carbocycles. The van der Waals surface area contributed by atoms with E-state index in [1.165, 1.54) is 11.8 Å². The van der Waals surface area contributed by atoms with Gasteiger partial charge >= 0.3 is 0 Å². The van der Waals surface area contributed by atoms with Crippen LogP contribution >= 0.6 is 35.0 Å². The summed E-state index contributed by atoms with van der Waals surface area (Å²) in [6.45, 7) is 0.181. The van der Waals surface area contributed by atoms with E-state index in [-0.39, 0.29) is 12.5 Å². The molecule has 0 saturated carbocycles. The number of carbonyl (C=O) groups excluding carboxylic acids is 1. The van der Waals surface area contributed by atoms with Crippen molar-refractivity contribution >= 4 is 40.9 Å². The van der Waals surface area contributed by atoms with E-state index in [2.05, 4.69) is 15.5 Å². The zero-order valence-electron chi connectivity index (χ0n) is 12.9. The van der Waals surface area contributed by atoms with Gasteiger partial charge in [0.1, 0.15) is 0 Å². The molecule has 3 aromatic rings. The topological polar surface area (TPSA) is 68.0 Å². The number of thioether (sulfide) groups is 1. The van der Waals surface area contributed by atoms with Gasteiger partial charge in [-0.1, -0.05) is 28.4 Å². The number of benzene rings is 2. The van der Waals surface area contributed by atoms with Gasteiger partial charge in [0.2, 0.25) is 17.6 Å². The summed E-state index contributed by atoms with van der Waals surface area (Å²) >= 11 is 13.1. The van der Waals surface area contributed by atoms with Gasteiger partial charge in [0.05, 0.1) is 12.3 Å². The maximum absolute atomic E-state index is 11.9. The summed E-state index contributed by atoms with van der Waals surface area (Å²) in [5.74, 6) is 0.970. The van der Waals surface area contributed by atoms with Crippen LogP contribution in [0.1, 0.15) is 5.89 Å². The Morgan fingerprint density at radius 2 is 1.68 bits per heavy atom. The van der Waals surface area contributed by atoms with Gasteiger partial charge in [-0.2, -0.15) is 4.98 Å². The molecule has 1 heterocycles. The lowest BCUT2D eigenvalue weighted by Crippen LogP contribution is -2.24. The van der Waals surface area contributed by atoms with Gasteiger partial charge < -0.3 is 9.84 Å². The van der Waals surface area contributed by atoms with Gasteiger partial charge in [-0.15, -0.1) is 11.8 Å². The number of amides is 1. The number of hydrogen-bond acceptors (Lipinski definition) is 5. The molecular formula is C17H13Cl2N3O2S. The Balaban J connectivity index is 1.49. The fourth-order valence-electron chi connectivity index (χ4n) is 1.95. The van der Waals surface area contributed by atoms with Crippen molar-refractivity contribution < 1.29 is 9.32 Å². The second-order valence-electron chi connectivity index (χ2n) is 5.04. The minimum atomic E-state index is -0.119. The normalized spacial score (nSPS) is 10.6. The van der Waals surface area contributed by atoms with Crippen LogP contribution in [0.4, 0.5) is 0 Å². The van der Waals surface area contributed by atoms with E-state index in [1.807, 2.05) is 12.1 Å². The van der Waals surface area contributed by atoms with Crippen LogP contribution in [-0.2, 0) is 11.3 Å². The fourth-order valence-corrected chi connectivity index (χ4v) is 2.93. The van der Waals surface area contributed by atoms with E-state index in [1.54, 1.807) is 36.4 Å². The molecule has 0 fully saturated rings. The predicted octanol–water partition coefficient (Wildman–Crippen LogP) is 4.45. The summed E-state index contributed by atoms with van der Waals surface area (Å²) in [5, 5.41) is 7.95. The van der Waals surface area contributed by atoms with Crippen LogP contribution in [0.3, 0.4) is 0 Å². The highest BCUT2D eigenvalue weighted by Crippen LogP contribution is 2.20. The minimum Gasteiger partial charge on any atom is -0.346 e. The highest BCUT2D eigenvalue weighted by Gasteiger charge is 2.10. The van der Waals surface area contributed by atoms with E-state index in [9.17, 15) is 4.79 Å². The first-order valence-corrected chi connectivity index (χ1v) is 9.08. The average Bonchev–Trinajstić information content (AvgIpc) is 3.09. The number of hydrogen-bond donors (Lipinski definition) is 1. The maximum atomic E-state index is 11.9. The minimum absolute atomic E-state index is 0.119. The molecule has 0 saturated heterocycles. The molecule has 3 rings (SSSR count). The van der Waals surface area contributed by atoms with Crippen molar-refractivity contribution in [2.75, 3.05) is 5.75 Å². The molecule has 128 valence electrons. The lowest BCUT2D eigenvalue weighted by Gasteiger charge is -2.02. The molecule has 0 bridgehead atoms. The van der Waals surface area contributed by atoms with Gasteiger partial charge in [-0.3, -0.25) is 4.79 Å². The van der Waals surface area contributed by atoms with Crippen molar-refractivity contribution in [2.45, 2.75) is 11.4 Å². The van der Waals surface area contributed by atoms with Crippen LogP contribution in [0.15, 0.2) is 57.9 Å². The van der Waals surface area contributed by atoms with Crippen molar-refractivity contribution in [3.63, 3.8) is 0 Å². The smallest absolute Gasteiger partial charge is 0.246 e. The molecule has 1 amide bonds. The van der Waals surface area contributed by atoms with E-state index in [0.717, 1.165) is 10.5 Å². The maximum Gasteiger partial charge on any atom is 0.246 e. The summed E-state index contributed by atoms with van der Waals surface area (Å²) in [5.41, 5.74) is 0.795.